The Morgan fingerprint density at radius 3 is 2.40 bits per heavy atom. The minimum absolute atomic E-state index is 0.486. The second-order valence-corrected chi connectivity index (χ2v) is 4.41. The number of anilines is 1. The third-order valence-electron chi connectivity index (χ3n) is 3.11. The number of carbonyl (C=O) groups is 1. The van der Waals surface area contributed by atoms with Gasteiger partial charge in [-0.2, -0.15) is 5.10 Å². The number of nitrogens with zero attached hydrogens (tertiary/aromatic N) is 2. The molecule has 0 unspecified atom stereocenters. The first-order valence-corrected chi connectivity index (χ1v) is 6.25. The molecule has 0 aliphatic rings. The summed E-state index contributed by atoms with van der Waals surface area (Å²) in [5.41, 5.74) is 1.25. The maximum Gasteiger partial charge on any atom is 0.261 e. The molecule has 2 rings (SSSR count). The summed E-state index contributed by atoms with van der Waals surface area (Å²) in [6.45, 7) is 6.08. The molecule has 0 bridgehead atoms. The van der Waals surface area contributed by atoms with Crippen molar-refractivity contribution in [1.82, 2.24) is 9.78 Å². The molecule has 1 N–H and O–H groups in total. The van der Waals surface area contributed by atoms with Crippen molar-refractivity contribution < 1.29 is 13.6 Å². The van der Waals surface area contributed by atoms with Crippen LogP contribution in [-0.4, -0.2) is 15.7 Å². The lowest BCUT2D eigenvalue weighted by molar-refractivity contribution is 0.101. The quantitative estimate of drug-likeness (QED) is 0.938. The number of aryl methyl sites for hydroxylation is 2. The zero-order chi connectivity index (χ0) is 14.9. The first-order valence-electron chi connectivity index (χ1n) is 6.25. The van der Waals surface area contributed by atoms with Crippen LogP contribution in [0.4, 0.5) is 14.5 Å². The fraction of sp³-hybridized carbons (Fsp3) is 0.286. The normalized spacial score (nSPS) is 10.7. The van der Waals surface area contributed by atoms with Crippen LogP contribution in [0.1, 0.15) is 28.7 Å². The molecule has 0 saturated heterocycles. The van der Waals surface area contributed by atoms with Crippen molar-refractivity contribution in [3.05, 3.63) is 46.8 Å². The Balaban J connectivity index is 2.36. The van der Waals surface area contributed by atoms with Gasteiger partial charge in [0.2, 0.25) is 0 Å². The van der Waals surface area contributed by atoms with Gasteiger partial charge in [0.25, 0.3) is 5.91 Å². The van der Waals surface area contributed by atoms with Crippen LogP contribution in [0.3, 0.4) is 0 Å². The lowest BCUT2D eigenvalue weighted by atomic mass is 10.1. The Morgan fingerprint density at radius 2 is 1.90 bits per heavy atom. The highest BCUT2D eigenvalue weighted by atomic mass is 19.1. The third-order valence-corrected chi connectivity index (χ3v) is 3.11. The van der Waals surface area contributed by atoms with Gasteiger partial charge in [0.1, 0.15) is 17.2 Å². The third kappa shape index (κ3) is 2.41. The number of halogens is 2. The highest BCUT2D eigenvalue weighted by Crippen LogP contribution is 2.21. The van der Waals surface area contributed by atoms with Crippen molar-refractivity contribution in [2.45, 2.75) is 27.3 Å². The minimum Gasteiger partial charge on any atom is -0.319 e. The van der Waals surface area contributed by atoms with E-state index < -0.39 is 23.1 Å². The first kappa shape index (κ1) is 14.2. The number of benzene rings is 1. The fourth-order valence-electron chi connectivity index (χ4n) is 2.08. The molecule has 1 aromatic carbocycles. The van der Waals surface area contributed by atoms with Gasteiger partial charge >= 0.3 is 0 Å². The van der Waals surface area contributed by atoms with Crippen LogP contribution in [0.15, 0.2) is 18.2 Å². The van der Waals surface area contributed by atoms with Gasteiger partial charge in [-0.3, -0.25) is 9.48 Å². The molecule has 0 spiro atoms. The predicted molar refractivity (Wildman–Crippen MR) is 71.7 cm³/mol. The van der Waals surface area contributed by atoms with E-state index in [1.165, 1.54) is 6.07 Å². The summed E-state index contributed by atoms with van der Waals surface area (Å²) >= 11 is 0. The Bertz CT molecular complexity index is 644. The fourth-order valence-corrected chi connectivity index (χ4v) is 2.08. The van der Waals surface area contributed by atoms with E-state index in [0.717, 1.165) is 17.8 Å². The van der Waals surface area contributed by atoms with E-state index in [1.807, 2.05) is 6.92 Å². The number of hydrogen-bond donors (Lipinski definition) is 1. The van der Waals surface area contributed by atoms with Crippen molar-refractivity contribution in [2.75, 3.05) is 5.32 Å². The van der Waals surface area contributed by atoms with Crippen LogP contribution in [0.5, 0.6) is 0 Å². The molecule has 0 radical (unpaired) electrons. The molecular formula is C14H15F2N3O. The summed E-state index contributed by atoms with van der Waals surface area (Å²) in [5, 5.41) is 6.76. The van der Waals surface area contributed by atoms with E-state index in [2.05, 4.69) is 10.4 Å². The zero-order valence-electron chi connectivity index (χ0n) is 11.5. The van der Waals surface area contributed by atoms with Gasteiger partial charge in [-0.1, -0.05) is 6.07 Å². The summed E-state index contributed by atoms with van der Waals surface area (Å²) in [6.07, 6.45) is 0. The van der Waals surface area contributed by atoms with Gasteiger partial charge in [0, 0.05) is 6.54 Å². The summed E-state index contributed by atoms with van der Waals surface area (Å²) in [6, 6.07) is 3.31. The van der Waals surface area contributed by atoms with Crippen molar-refractivity contribution in [2.24, 2.45) is 0 Å². The largest absolute Gasteiger partial charge is 0.319 e. The van der Waals surface area contributed by atoms with Gasteiger partial charge in [-0.05, 0) is 32.9 Å². The Labute approximate surface area is 115 Å². The molecule has 0 aliphatic heterocycles. The molecule has 1 aromatic heterocycles. The summed E-state index contributed by atoms with van der Waals surface area (Å²) < 4.78 is 28.8. The molecule has 6 heteroatoms. The maximum absolute atomic E-state index is 13.6. The number of nitrogens with one attached hydrogen (secondary N) is 1. The van der Waals surface area contributed by atoms with Crippen LogP contribution in [0, 0.1) is 25.5 Å². The molecule has 106 valence electrons. The molecule has 20 heavy (non-hydrogen) atoms. The molecule has 0 saturated carbocycles. The summed E-state index contributed by atoms with van der Waals surface area (Å²) in [4.78, 5) is 12.0. The van der Waals surface area contributed by atoms with Crippen LogP contribution in [0.2, 0.25) is 0 Å². The Hall–Kier alpha value is -2.24. The first-order chi connectivity index (χ1) is 9.45. The molecular weight excluding hydrogens is 264 g/mol. The molecule has 0 fully saturated rings. The second-order valence-electron chi connectivity index (χ2n) is 4.41. The van der Waals surface area contributed by atoms with Crippen molar-refractivity contribution in [3.8, 4) is 0 Å². The van der Waals surface area contributed by atoms with E-state index in [4.69, 9.17) is 0 Å². The highest BCUT2D eigenvalue weighted by Gasteiger charge is 2.20. The van der Waals surface area contributed by atoms with Crippen LogP contribution in [-0.2, 0) is 6.54 Å². The standard InChI is InChI=1S/C14H15F2N3O/c1-4-19-9(3)13(8(2)18-19)17-14(20)12-10(15)6-5-7-11(12)16/h5-7H,4H2,1-3H3,(H,17,20). The van der Waals surface area contributed by atoms with Crippen LogP contribution >= 0.6 is 0 Å². The molecule has 1 heterocycles. The second kappa shape index (κ2) is 5.40. The Kier molecular flexibility index (Phi) is 3.83. The van der Waals surface area contributed by atoms with Gasteiger partial charge in [-0.15, -0.1) is 0 Å². The van der Waals surface area contributed by atoms with E-state index in [9.17, 15) is 13.6 Å². The minimum atomic E-state index is -0.888. The van der Waals surface area contributed by atoms with Gasteiger partial charge < -0.3 is 5.32 Å². The van der Waals surface area contributed by atoms with Gasteiger partial charge in [-0.25, -0.2) is 8.78 Å². The monoisotopic (exact) mass is 279 g/mol. The lowest BCUT2D eigenvalue weighted by Crippen LogP contribution is -2.16. The number of aromatic nitrogens is 2. The predicted octanol–water partition coefficient (Wildman–Crippen LogP) is 3.05. The SMILES string of the molecule is CCn1nc(C)c(NC(=O)c2c(F)cccc2F)c1C. The number of amides is 1. The van der Waals surface area contributed by atoms with E-state index >= 15 is 0 Å². The van der Waals surface area contributed by atoms with Gasteiger partial charge in [0.05, 0.1) is 17.1 Å². The lowest BCUT2D eigenvalue weighted by Gasteiger charge is -2.07. The van der Waals surface area contributed by atoms with Crippen LogP contribution < -0.4 is 5.32 Å². The molecule has 2 aromatic rings. The van der Waals surface area contributed by atoms with E-state index in [1.54, 1.807) is 18.5 Å². The average molecular weight is 279 g/mol. The van der Waals surface area contributed by atoms with Crippen molar-refractivity contribution >= 4 is 11.6 Å². The van der Waals surface area contributed by atoms with E-state index in [0.29, 0.717) is 17.9 Å². The number of carbonyl (C=O) groups excluding carboxylic acids is 1. The number of rotatable bonds is 3. The van der Waals surface area contributed by atoms with Crippen molar-refractivity contribution in [1.29, 1.82) is 0 Å². The molecule has 1 amide bonds. The number of hydrogen-bond acceptors (Lipinski definition) is 2. The summed E-state index contributed by atoms with van der Waals surface area (Å²) in [5.74, 6) is -2.59. The highest BCUT2D eigenvalue weighted by molar-refractivity contribution is 6.05. The molecule has 0 aliphatic carbocycles. The topological polar surface area (TPSA) is 46.9 Å². The maximum atomic E-state index is 13.6. The zero-order valence-corrected chi connectivity index (χ0v) is 11.5. The van der Waals surface area contributed by atoms with Gasteiger partial charge in [0.15, 0.2) is 0 Å². The molecule has 0 atom stereocenters. The van der Waals surface area contributed by atoms with Crippen LogP contribution in [0.25, 0.3) is 0 Å². The summed E-state index contributed by atoms with van der Waals surface area (Å²) in [7, 11) is 0. The average Bonchev–Trinajstić information content (AvgIpc) is 2.66. The van der Waals surface area contributed by atoms with Crippen molar-refractivity contribution in [3.63, 3.8) is 0 Å². The molecule has 4 nitrogen and oxygen atoms in total. The Morgan fingerprint density at radius 1 is 1.30 bits per heavy atom. The van der Waals surface area contributed by atoms with E-state index in [-0.39, 0.29) is 0 Å². The smallest absolute Gasteiger partial charge is 0.261 e.